The maximum absolute atomic E-state index is 13.3. The van der Waals surface area contributed by atoms with E-state index < -0.39 is 27.8 Å². The lowest BCUT2D eigenvalue weighted by Crippen LogP contribution is -2.36. The van der Waals surface area contributed by atoms with E-state index in [-0.39, 0.29) is 31.1 Å². The van der Waals surface area contributed by atoms with Gasteiger partial charge in [-0.1, -0.05) is 12.1 Å². The van der Waals surface area contributed by atoms with Crippen molar-refractivity contribution in [2.75, 3.05) is 31.8 Å². The van der Waals surface area contributed by atoms with E-state index in [1.807, 2.05) is 0 Å². The number of methoxy groups -OCH3 is 1. The number of rotatable bonds is 8. The molecule has 152 valence electrons. The number of carbonyl (C=O) groups excluding carboxylic acids is 1. The minimum atomic E-state index is -3.68. The number of urea groups is 1. The van der Waals surface area contributed by atoms with Gasteiger partial charge in [0.05, 0.1) is 12.9 Å². The number of nitrogens with zero attached hydrogens (tertiary/aromatic N) is 1. The maximum Gasteiger partial charge on any atom is 0.322 e. The molecule has 28 heavy (non-hydrogen) atoms. The second-order valence-corrected chi connectivity index (χ2v) is 7.48. The van der Waals surface area contributed by atoms with Gasteiger partial charge in [-0.25, -0.2) is 13.6 Å². The first-order valence-corrected chi connectivity index (χ1v) is 9.98. The lowest BCUT2D eigenvalue weighted by atomic mass is 10.2. The van der Waals surface area contributed by atoms with Crippen molar-refractivity contribution in [3.05, 3.63) is 59.7 Å². The summed E-state index contributed by atoms with van der Waals surface area (Å²) in [6, 6.07) is 8.73. The highest BCUT2D eigenvalue weighted by atomic mass is 32.2. The third kappa shape index (κ3) is 6.78. The zero-order valence-corrected chi connectivity index (χ0v) is 16.1. The first-order chi connectivity index (χ1) is 13.2. The van der Waals surface area contributed by atoms with Gasteiger partial charge in [0.1, 0.15) is 5.75 Å². The molecule has 0 aromatic heterocycles. The van der Waals surface area contributed by atoms with Crippen LogP contribution in [-0.4, -0.2) is 45.9 Å². The summed E-state index contributed by atoms with van der Waals surface area (Å²) in [6.07, 6.45) is 0.930. The van der Waals surface area contributed by atoms with Crippen LogP contribution in [0, 0.1) is 11.6 Å². The Labute approximate surface area is 162 Å². The van der Waals surface area contributed by atoms with Crippen LogP contribution in [-0.2, 0) is 21.4 Å². The molecule has 2 amide bonds. The van der Waals surface area contributed by atoms with Crippen LogP contribution in [0.1, 0.15) is 5.56 Å². The lowest BCUT2D eigenvalue weighted by Gasteiger charge is -2.23. The molecule has 0 unspecified atom stereocenters. The first kappa shape index (κ1) is 21.6. The Morgan fingerprint density at radius 2 is 1.89 bits per heavy atom. The van der Waals surface area contributed by atoms with E-state index in [0.29, 0.717) is 5.56 Å². The number of hydrogen-bond donors (Lipinski definition) is 1. The molecule has 0 saturated heterocycles. The molecule has 2 aromatic rings. The zero-order chi connectivity index (χ0) is 20.7. The summed E-state index contributed by atoms with van der Waals surface area (Å²) in [4.78, 5) is 13.9. The molecule has 0 atom stereocenters. The van der Waals surface area contributed by atoms with Gasteiger partial charge in [-0.2, -0.15) is 8.42 Å². The van der Waals surface area contributed by atoms with E-state index >= 15 is 0 Å². The van der Waals surface area contributed by atoms with E-state index in [0.717, 1.165) is 18.4 Å². The van der Waals surface area contributed by atoms with Crippen molar-refractivity contribution >= 4 is 21.8 Å². The van der Waals surface area contributed by atoms with Gasteiger partial charge >= 0.3 is 16.1 Å². The van der Waals surface area contributed by atoms with Crippen LogP contribution in [0.2, 0.25) is 0 Å². The molecule has 0 radical (unpaired) electrons. The van der Waals surface area contributed by atoms with E-state index in [9.17, 15) is 22.0 Å². The second kappa shape index (κ2) is 9.47. The first-order valence-electron chi connectivity index (χ1n) is 8.16. The Kier molecular flexibility index (Phi) is 7.30. The van der Waals surface area contributed by atoms with Crippen LogP contribution in [0.5, 0.6) is 5.75 Å². The Balaban J connectivity index is 2.15. The van der Waals surface area contributed by atoms with E-state index in [4.69, 9.17) is 8.92 Å². The van der Waals surface area contributed by atoms with Crippen LogP contribution in [0.15, 0.2) is 42.5 Å². The molecule has 0 bridgehead atoms. The van der Waals surface area contributed by atoms with Gasteiger partial charge < -0.3 is 19.1 Å². The summed E-state index contributed by atoms with van der Waals surface area (Å²) in [5, 5.41) is 2.49. The van der Waals surface area contributed by atoms with Crippen molar-refractivity contribution in [2.45, 2.75) is 6.54 Å². The fourth-order valence-corrected chi connectivity index (χ4v) is 2.77. The molecule has 10 heteroatoms. The normalized spacial score (nSPS) is 11.1. The highest BCUT2D eigenvalue weighted by Gasteiger charge is 2.16. The van der Waals surface area contributed by atoms with Crippen molar-refractivity contribution in [3.63, 3.8) is 0 Å². The van der Waals surface area contributed by atoms with Crippen molar-refractivity contribution in [1.82, 2.24) is 4.90 Å². The molecular formula is C18H20F2N2O5S. The summed E-state index contributed by atoms with van der Waals surface area (Å²) in [7, 11) is -2.20. The summed E-state index contributed by atoms with van der Waals surface area (Å²) in [5.74, 6) is -1.98. The SMILES string of the molecule is COCCN(Cc1cccc(OS(C)(=O)=O)c1)C(=O)Nc1ccc(F)c(F)c1. The fraction of sp³-hybridized carbons (Fsp3) is 0.278. The van der Waals surface area contributed by atoms with E-state index in [1.165, 1.54) is 30.2 Å². The smallest absolute Gasteiger partial charge is 0.322 e. The number of benzene rings is 2. The Morgan fingerprint density at radius 3 is 2.54 bits per heavy atom. The van der Waals surface area contributed by atoms with Gasteiger partial charge in [0.2, 0.25) is 0 Å². The molecule has 2 aromatic carbocycles. The van der Waals surface area contributed by atoms with Crippen LogP contribution < -0.4 is 9.50 Å². The third-order valence-electron chi connectivity index (χ3n) is 3.54. The second-order valence-electron chi connectivity index (χ2n) is 5.91. The van der Waals surface area contributed by atoms with Crippen molar-refractivity contribution < 1.29 is 30.9 Å². The highest BCUT2D eigenvalue weighted by Crippen LogP contribution is 2.18. The van der Waals surface area contributed by atoms with E-state index in [2.05, 4.69) is 5.32 Å². The average Bonchev–Trinajstić information content (AvgIpc) is 2.60. The van der Waals surface area contributed by atoms with Gasteiger partial charge in [0.25, 0.3) is 0 Å². The monoisotopic (exact) mass is 414 g/mol. The number of hydrogen-bond acceptors (Lipinski definition) is 5. The lowest BCUT2D eigenvalue weighted by molar-refractivity contribution is 0.153. The number of anilines is 1. The van der Waals surface area contributed by atoms with Crippen molar-refractivity contribution in [3.8, 4) is 5.75 Å². The van der Waals surface area contributed by atoms with Crippen LogP contribution >= 0.6 is 0 Å². The number of nitrogens with one attached hydrogen (secondary N) is 1. The molecular weight excluding hydrogens is 394 g/mol. The fourth-order valence-electron chi connectivity index (χ4n) is 2.32. The predicted molar refractivity (Wildman–Crippen MR) is 99.6 cm³/mol. The quantitative estimate of drug-likeness (QED) is 0.672. The molecule has 2 rings (SSSR count). The standard InChI is InChI=1S/C18H20F2N2O5S/c1-26-9-8-22(18(23)21-14-6-7-16(19)17(20)11-14)12-13-4-3-5-15(10-13)27-28(2,24)25/h3-7,10-11H,8-9,12H2,1-2H3,(H,21,23). The van der Waals surface area contributed by atoms with Crippen LogP contribution in [0.25, 0.3) is 0 Å². The molecule has 0 aliphatic carbocycles. The average molecular weight is 414 g/mol. The molecule has 1 N–H and O–H groups in total. The molecule has 0 spiro atoms. The van der Waals surface area contributed by atoms with Crippen LogP contribution in [0.3, 0.4) is 0 Å². The zero-order valence-electron chi connectivity index (χ0n) is 15.3. The maximum atomic E-state index is 13.3. The molecule has 0 heterocycles. The van der Waals surface area contributed by atoms with E-state index in [1.54, 1.807) is 12.1 Å². The topological polar surface area (TPSA) is 84.9 Å². The third-order valence-corrected chi connectivity index (χ3v) is 4.04. The van der Waals surface area contributed by atoms with Crippen molar-refractivity contribution in [1.29, 1.82) is 0 Å². The van der Waals surface area contributed by atoms with Gasteiger partial charge in [-0.05, 0) is 29.8 Å². The minimum absolute atomic E-state index is 0.0977. The molecule has 0 saturated carbocycles. The van der Waals surface area contributed by atoms with Gasteiger partial charge in [0, 0.05) is 32.0 Å². The summed E-state index contributed by atoms with van der Waals surface area (Å²) in [6.45, 7) is 0.563. The number of amides is 2. The Morgan fingerprint density at radius 1 is 1.14 bits per heavy atom. The highest BCUT2D eigenvalue weighted by molar-refractivity contribution is 7.86. The van der Waals surface area contributed by atoms with Crippen LogP contribution in [0.4, 0.5) is 19.3 Å². The number of carbonyl (C=O) groups is 1. The van der Waals surface area contributed by atoms with Gasteiger partial charge in [-0.15, -0.1) is 0 Å². The summed E-state index contributed by atoms with van der Waals surface area (Å²) >= 11 is 0. The molecule has 0 fully saturated rings. The molecule has 0 aliphatic rings. The summed E-state index contributed by atoms with van der Waals surface area (Å²) < 4.78 is 58.7. The predicted octanol–water partition coefficient (Wildman–Crippen LogP) is 2.98. The number of ether oxygens (including phenoxy) is 1. The molecule has 7 nitrogen and oxygen atoms in total. The molecule has 0 aliphatic heterocycles. The Bertz CT molecular complexity index is 937. The Hall–Kier alpha value is -2.72. The largest absolute Gasteiger partial charge is 0.383 e. The van der Waals surface area contributed by atoms with Crippen molar-refractivity contribution in [2.24, 2.45) is 0 Å². The number of halogens is 2. The van der Waals surface area contributed by atoms with Gasteiger partial charge in [0.15, 0.2) is 11.6 Å². The summed E-state index contributed by atoms with van der Waals surface area (Å²) in [5.41, 5.74) is 0.707. The van der Waals surface area contributed by atoms with Gasteiger partial charge in [-0.3, -0.25) is 0 Å². The minimum Gasteiger partial charge on any atom is -0.383 e.